The Balaban J connectivity index is 1.50. The zero-order valence-corrected chi connectivity index (χ0v) is 22.2. The number of rotatable bonds is 11. The van der Waals surface area contributed by atoms with Gasteiger partial charge in [-0.05, 0) is 36.6 Å². The zero-order chi connectivity index (χ0) is 27.1. The minimum Gasteiger partial charge on any atom is -0.496 e. The number of nitrogens with zero attached hydrogens (tertiary/aromatic N) is 1. The Morgan fingerprint density at radius 1 is 0.921 bits per heavy atom. The molecule has 38 heavy (non-hydrogen) atoms. The molecule has 0 aliphatic carbocycles. The molecule has 0 aliphatic heterocycles. The average Bonchev–Trinajstić information content (AvgIpc) is 3.36. The predicted octanol–water partition coefficient (Wildman–Crippen LogP) is 7.14. The van der Waals surface area contributed by atoms with Crippen molar-refractivity contribution in [2.45, 2.75) is 38.7 Å². The number of thiazole rings is 1. The molecule has 4 rings (SSSR count). The molecule has 200 valence electrons. The topological polar surface area (TPSA) is 52.6 Å². The lowest BCUT2D eigenvalue weighted by atomic mass is 10.1. The van der Waals surface area contributed by atoms with E-state index in [0.29, 0.717) is 29.4 Å². The Bertz CT molecular complexity index is 1300. The van der Waals surface area contributed by atoms with E-state index in [1.807, 2.05) is 31.3 Å². The molecule has 0 amide bonds. The summed E-state index contributed by atoms with van der Waals surface area (Å²) in [6, 6.07) is 18.6. The Morgan fingerprint density at radius 2 is 1.58 bits per heavy atom. The van der Waals surface area contributed by atoms with Crippen molar-refractivity contribution in [2.24, 2.45) is 0 Å². The standard InChI is InChI=1S/C29H29F3N2O3S/c1-19-16-34-28(38-19)25(13-20-7-5-4-6-8-20)33-17-24-26(35-2)14-23(15-27(24)36-3)37-18-21-9-11-22(12-10-21)29(30,31)32/h4-12,14-16,25,33H,13,17-18H2,1-3H3/t25-/m0/s1. The molecular weight excluding hydrogens is 513 g/mol. The lowest BCUT2D eigenvalue weighted by Gasteiger charge is -2.20. The van der Waals surface area contributed by atoms with E-state index >= 15 is 0 Å². The fourth-order valence-electron chi connectivity index (χ4n) is 4.03. The largest absolute Gasteiger partial charge is 0.496 e. The molecule has 0 fully saturated rings. The van der Waals surface area contributed by atoms with E-state index in [-0.39, 0.29) is 12.6 Å². The molecule has 0 saturated heterocycles. The highest BCUT2D eigenvalue weighted by atomic mass is 32.1. The maximum atomic E-state index is 12.8. The quantitative estimate of drug-likeness (QED) is 0.218. The normalized spacial score (nSPS) is 12.3. The molecule has 1 atom stereocenters. The van der Waals surface area contributed by atoms with Crippen LogP contribution in [0.2, 0.25) is 0 Å². The average molecular weight is 543 g/mol. The number of hydrogen-bond donors (Lipinski definition) is 1. The predicted molar refractivity (Wildman–Crippen MR) is 142 cm³/mol. The van der Waals surface area contributed by atoms with Crippen LogP contribution in [0.3, 0.4) is 0 Å². The summed E-state index contributed by atoms with van der Waals surface area (Å²) in [7, 11) is 3.15. The molecule has 4 aromatic rings. The fourth-order valence-corrected chi connectivity index (χ4v) is 4.88. The van der Waals surface area contributed by atoms with E-state index in [2.05, 4.69) is 22.4 Å². The van der Waals surface area contributed by atoms with Crippen molar-refractivity contribution in [1.82, 2.24) is 10.3 Å². The smallest absolute Gasteiger partial charge is 0.416 e. The van der Waals surface area contributed by atoms with Gasteiger partial charge in [0.05, 0.1) is 31.4 Å². The summed E-state index contributed by atoms with van der Waals surface area (Å²) in [4.78, 5) is 5.75. The van der Waals surface area contributed by atoms with Crippen LogP contribution in [-0.2, 0) is 25.7 Å². The maximum absolute atomic E-state index is 12.8. The summed E-state index contributed by atoms with van der Waals surface area (Å²) < 4.78 is 55.7. The van der Waals surface area contributed by atoms with Gasteiger partial charge in [-0.2, -0.15) is 13.2 Å². The van der Waals surface area contributed by atoms with Crippen LogP contribution < -0.4 is 19.5 Å². The molecule has 0 saturated carbocycles. The van der Waals surface area contributed by atoms with Gasteiger partial charge >= 0.3 is 6.18 Å². The molecule has 5 nitrogen and oxygen atoms in total. The second-order valence-electron chi connectivity index (χ2n) is 8.72. The number of halogens is 3. The van der Waals surface area contributed by atoms with Gasteiger partial charge in [0.1, 0.15) is 28.9 Å². The van der Waals surface area contributed by atoms with E-state index < -0.39 is 11.7 Å². The Hall–Kier alpha value is -3.56. The second-order valence-corrected chi connectivity index (χ2v) is 9.99. The number of benzene rings is 3. The third-order valence-corrected chi connectivity index (χ3v) is 7.04. The summed E-state index contributed by atoms with van der Waals surface area (Å²) in [5.41, 5.74) is 1.94. The van der Waals surface area contributed by atoms with Crippen molar-refractivity contribution in [3.63, 3.8) is 0 Å². The van der Waals surface area contributed by atoms with E-state index in [9.17, 15) is 13.2 Å². The van der Waals surface area contributed by atoms with Crippen LogP contribution in [0.4, 0.5) is 13.2 Å². The zero-order valence-electron chi connectivity index (χ0n) is 21.3. The molecule has 1 N–H and O–H groups in total. The van der Waals surface area contributed by atoms with Crippen molar-refractivity contribution in [3.05, 3.63) is 105 Å². The summed E-state index contributed by atoms with van der Waals surface area (Å²) >= 11 is 1.66. The highest BCUT2D eigenvalue weighted by Crippen LogP contribution is 2.36. The van der Waals surface area contributed by atoms with Gasteiger partial charge in [0.15, 0.2) is 0 Å². The van der Waals surface area contributed by atoms with Crippen molar-refractivity contribution in [2.75, 3.05) is 14.2 Å². The monoisotopic (exact) mass is 542 g/mol. The SMILES string of the molecule is COc1cc(OCc2ccc(C(F)(F)F)cc2)cc(OC)c1CN[C@@H](Cc1ccccc1)c1ncc(C)s1. The molecule has 0 bridgehead atoms. The Labute approximate surface area is 224 Å². The molecule has 1 heterocycles. The molecular formula is C29H29F3N2O3S. The maximum Gasteiger partial charge on any atom is 0.416 e. The van der Waals surface area contributed by atoms with E-state index in [1.54, 1.807) is 37.7 Å². The van der Waals surface area contributed by atoms with Gasteiger partial charge in [0.2, 0.25) is 0 Å². The van der Waals surface area contributed by atoms with Crippen LogP contribution in [0.1, 0.15) is 38.2 Å². The minimum atomic E-state index is -4.37. The Morgan fingerprint density at radius 3 is 2.13 bits per heavy atom. The summed E-state index contributed by atoms with van der Waals surface area (Å²) in [6.45, 7) is 2.60. The van der Waals surface area contributed by atoms with Crippen LogP contribution in [0.25, 0.3) is 0 Å². The van der Waals surface area contributed by atoms with Gasteiger partial charge in [0.25, 0.3) is 0 Å². The van der Waals surface area contributed by atoms with Gasteiger partial charge in [-0.1, -0.05) is 42.5 Å². The van der Waals surface area contributed by atoms with Crippen LogP contribution in [0.15, 0.2) is 72.9 Å². The number of nitrogens with one attached hydrogen (secondary N) is 1. The third kappa shape index (κ3) is 7.05. The number of aryl methyl sites for hydroxylation is 1. The number of ether oxygens (including phenoxy) is 3. The molecule has 0 spiro atoms. The van der Waals surface area contributed by atoms with Gasteiger partial charge in [-0.15, -0.1) is 11.3 Å². The molecule has 1 aromatic heterocycles. The summed E-state index contributed by atoms with van der Waals surface area (Å²) in [5.74, 6) is 1.64. The van der Waals surface area contributed by atoms with Crippen LogP contribution in [0, 0.1) is 6.92 Å². The summed E-state index contributed by atoms with van der Waals surface area (Å²) in [5, 5.41) is 4.61. The van der Waals surface area contributed by atoms with Crippen molar-refractivity contribution in [3.8, 4) is 17.2 Å². The lowest BCUT2D eigenvalue weighted by molar-refractivity contribution is -0.137. The minimum absolute atomic E-state index is 0.0129. The molecule has 9 heteroatoms. The molecule has 0 aliphatic rings. The van der Waals surface area contributed by atoms with Gasteiger partial charge in [-0.3, -0.25) is 0 Å². The first-order chi connectivity index (χ1) is 18.3. The number of methoxy groups -OCH3 is 2. The van der Waals surface area contributed by atoms with Gasteiger partial charge in [0, 0.05) is 29.8 Å². The first kappa shape index (κ1) is 27.5. The van der Waals surface area contributed by atoms with E-state index in [1.165, 1.54) is 17.7 Å². The second kappa shape index (κ2) is 12.3. The highest BCUT2D eigenvalue weighted by Gasteiger charge is 2.30. The van der Waals surface area contributed by atoms with Gasteiger partial charge in [-0.25, -0.2) is 4.98 Å². The fraction of sp³-hybridized carbons (Fsp3) is 0.276. The molecule has 0 radical (unpaired) electrons. The van der Waals surface area contributed by atoms with Crippen LogP contribution in [-0.4, -0.2) is 19.2 Å². The van der Waals surface area contributed by atoms with Crippen molar-refractivity contribution < 1.29 is 27.4 Å². The highest BCUT2D eigenvalue weighted by molar-refractivity contribution is 7.11. The first-order valence-electron chi connectivity index (χ1n) is 12.0. The molecule has 3 aromatic carbocycles. The van der Waals surface area contributed by atoms with Crippen LogP contribution >= 0.6 is 11.3 Å². The van der Waals surface area contributed by atoms with Crippen molar-refractivity contribution in [1.29, 1.82) is 0 Å². The first-order valence-corrected chi connectivity index (χ1v) is 12.8. The number of alkyl halides is 3. The van der Waals surface area contributed by atoms with E-state index in [0.717, 1.165) is 34.0 Å². The van der Waals surface area contributed by atoms with Gasteiger partial charge < -0.3 is 19.5 Å². The summed E-state index contributed by atoms with van der Waals surface area (Å²) in [6.07, 6.45) is -1.72. The lowest BCUT2D eigenvalue weighted by Crippen LogP contribution is -2.23. The third-order valence-electron chi connectivity index (χ3n) is 6.01. The number of aromatic nitrogens is 1. The van der Waals surface area contributed by atoms with Crippen molar-refractivity contribution >= 4 is 11.3 Å². The van der Waals surface area contributed by atoms with E-state index in [4.69, 9.17) is 14.2 Å². The Kier molecular flexibility index (Phi) is 8.91. The van der Waals surface area contributed by atoms with Crippen LogP contribution in [0.5, 0.6) is 17.2 Å². The number of hydrogen-bond acceptors (Lipinski definition) is 6. The molecule has 0 unspecified atom stereocenters.